The summed E-state index contributed by atoms with van der Waals surface area (Å²) in [6, 6.07) is 2.25. The zero-order chi connectivity index (χ0) is 12.5. The van der Waals surface area contributed by atoms with Crippen LogP contribution in [-0.2, 0) is 6.18 Å². The summed E-state index contributed by atoms with van der Waals surface area (Å²) in [5.41, 5.74) is -0.425. The second-order valence-electron chi connectivity index (χ2n) is 3.24. The van der Waals surface area contributed by atoms with Crippen molar-refractivity contribution in [3.05, 3.63) is 42.0 Å². The summed E-state index contributed by atoms with van der Waals surface area (Å²) in [5, 5.41) is 3.36. The number of hydrogen-bond donors (Lipinski definition) is 0. The van der Waals surface area contributed by atoms with Gasteiger partial charge < -0.3 is 0 Å². The van der Waals surface area contributed by atoms with E-state index in [4.69, 9.17) is 0 Å². The first kappa shape index (κ1) is 11.3. The minimum Gasteiger partial charge on any atom is -0.298 e. The summed E-state index contributed by atoms with van der Waals surface area (Å²) in [7, 11) is 0. The van der Waals surface area contributed by atoms with Crippen molar-refractivity contribution < 1.29 is 18.0 Å². The number of aromatic nitrogens is 3. The number of carbonyl (C=O) groups is 1. The van der Waals surface area contributed by atoms with Crippen LogP contribution in [0.4, 0.5) is 13.2 Å². The van der Waals surface area contributed by atoms with Crippen LogP contribution in [0.15, 0.2) is 30.7 Å². The minimum absolute atomic E-state index is 0.270. The largest absolute Gasteiger partial charge is 0.435 e. The number of pyridine rings is 1. The Balaban J connectivity index is 2.40. The monoisotopic (exact) mass is 241 g/mol. The Morgan fingerprint density at radius 3 is 2.65 bits per heavy atom. The molecule has 17 heavy (non-hydrogen) atoms. The number of hydrogen-bond acceptors (Lipinski definition) is 3. The Hall–Kier alpha value is -2.18. The molecule has 4 nitrogen and oxygen atoms in total. The number of aldehydes is 1. The van der Waals surface area contributed by atoms with Crippen LogP contribution in [-0.4, -0.2) is 21.1 Å². The van der Waals surface area contributed by atoms with Gasteiger partial charge in [-0.3, -0.25) is 9.78 Å². The van der Waals surface area contributed by atoms with E-state index in [9.17, 15) is 18.0 Å². The zero-order valence-corrected chi connectivity index (χ0v) is 8.35. The molecule has 2 heterocycles. The molecule has 7 heteroatoms. The van der Waals surface area contributed by atoms with Crippen molar-refractivity contribution in [3.8, 4) is 5.69 Å². The predicted octanol–water partition coefficient (Wildman–Crippen LogP) is 2.10. The highest BCUT2D eigenvalue weighted by molar-refractivity contribution is 5.75. The normalized spacial score (nSPS) is 11.5. The maximum Gasteiger partial charge on any atom is 0.435 e. The van der Waals surface area contributed by atoms with Gasteiger partial charge in [0.15, 0.2) is 12.0 Å². The molecule has 0 N–H and O–H groups in total. The van der Waals surface area contributed by atoms with E-state index in [1.165, 1.54) is 18.5 Å². The molecule has 88 valence electrons. The summed E-state index contributed by atoms with van der Waals surface area (Å²) in [6.07, 6.45) is -0.134. The molecular weight excluding hydrogens is 235 g/mol. The molecule has 0 saturated carbocycles. The average molecular weight is 241 g/mol. The number of halogens is 3. The van der Waals surface area contributed by atoms with E-state index >= 15 is 0 Å². The lowest BCUT2D eigenvalue weighted by Crippen LogP contribution is -2.07. The third-order valence-electron chi connectivity index (χ3n) is 2.03. The van der Waals surface area contributed by atoms with Crippen LogP contribution < -0.4 is 0 Å². The summed E-state index contributed by atoms with van der Waals surface area (Å²) in [4.78, 5) is 14.2. The first-order chi connectivity index (χ1) is 8.00. The molecule has 2 aromatic heterocycles. The molecule has 0 aliphatic rings. The first-order valence-corrected chi connectivity index (χ1v) is 4.54. The van der Waals surface area contributed by atoms with Crippen molar-refractivity contribution in [1.82, 2.24) is 14.8 Å². The number of carbonyl (C=O) groups excluding carboxylic acids is 1. The van der Waals surface area contributed by atoms with Gasteiger partial charge in [-0.2, -0.15) is 18.3 Å². The predicted molar refractivity (Wildman–Crippen MR) is 51.7 cm³/mol. The summed E-state index contributed by atoms with van der Waals surface area (Å²) in [5.74, 6) is 0. The third kappa shape index (κ3) is 2.32. The van der Waals surface area contributed by atoms with Crippen LogP contribution in [0, 0.1) is 0 Å². The highest BCUT2D eigenvalue weighted by Gasteiger charge is 2.33. The molecular formula is C10H6F3N3O. The molecule has 0 aromatic carbocycles. The van der Waals surface area contributed by atoms with E-state index in [1.807, 2.05) is 0 Å². The van der Waals surface area contributed by atoms with E-state index in [0.29, 0.717) is 12.0 Å². The van der Waals surface area contributed by atoms with Gasteiger partial charge in [-0.1, -0.05) is 0 Å². The molecule has 2 aromatic rings. The van der Waals surface area contributed by atoms with Crippen molar-refractivity contribution in [1.29, 1.82) is 0 Å². The Bertz CT molecular complexity index is 548. The summed E-state index contributed by atoms with van der Waals surface area (Å²) >= 11 is 0. The van der Waals surface area contributed by atoms with Gasteiger partial charge in [0.25, 0.3) is 0 Å². The molecule has 0 fully saturated rings. The van der Waals surface area contributed by atoms with Crippen LogP contribution in [0.5, 0.6) is 0 Å². The molecule has 2 rings (SSSR count). The van der Waals surface area contributed by atoms with Crippen molar-refractivity contribution >= 4 is 6.29 Å². The maximum atomic E-state index is 12.3. The van der Waals surface area contributed by atoms with E-state index < -0.39 is 11.9 Å². The van der Waals surface area contributed by atoms with E-state index in [-0.39, 0.29) is 5.56 Å². The summed E-state index contributed by atoms with van der Waals surface area (Å²) in [6.45, 7) is 0. The lowest BCUT2D eigenvalue weighted by Gasteiger charge is -2.02. The first-order valence-electron chi connectivity index (χ1n) is 4.54. The maximum absolute atomic E-state index is 12.3. The van der Waals surface area contributed by atoms with Crippen molar-refractivity contribution in [2.75, 3.05) is 0 Å². The van der Waals surface area contributed by atoms with Gasteiger partial charge in [0.1, 0.15) is 0 Å². The van der Waals surface area contributed by atoms with Crippen LogP contribution >= 0.6 is 0 Å². The van der Waals surface area contributed by atoms with Crippen molar-refractivity contribution in [2.24, 2.45) is 0 Å². The quantitative estimate of drug-likeness (QED) is 0.756. The smallest absolute Gasteiger partial charge is 0.298 e. The Morgan fingerprint density at radius 2 is 2.06 bits per heavy atom. The highest BCUT2D eigenvalue weighted by Crippen LogP contribution is 2.27. The molecule has 0 radical (unpaired) electrons. The van der Waals surface area contributed by atoms with Gasteiger partial charge in [0, 0.05) is 18.0 Å². The standard InChI is InChI=1S/C10H6F3N3O/c11-10(12,13)9-1-2-16(15-9)8-3-7(6-17)4-14-5-8/h1-6H. The van der Waals surface area contributed by atoms with E-state index in [1.54, 1.807) is 0 Å². The van der Waals surface area contributed by atoms with Gasteiger partial charge in [-0.05, 0) is 12.1 Å². The van der Waals surface area contributed by atoms with Crippen molar-refractivity contribution in [3.63, 3.8) is 0 Å². The molecule has 0 atom stereocenters. The number of alkyl halides is 3. The lowest BCUT2D eigenvalue weighted by atomic mass is 10.3. The number of nitrogens with zero attached hydrogens (tertiary/aromatic N) is 3. The lowest BCUT2D eigenvalue weighted by molar-refractivity contribution is -0.141. The minimum atomic E-state index is -4.49. The van der Waals surface area contributed by atoms with Crippen LogP contribution in [0.25, 0.3) is 5.69 Å². The average Bonchev–Trinajstić information content (AvgIpc) is 2.78. The van der Waals surface area contributed by atoms with Crippen LogP contribution in [0.3, 0.4) is 0 Å². The molecule has 0 amide bonds. The Morgan fingerprint density at radius 1 is 1.29 bits per heavy atom. The fraction of sp³-hybridized carbons (Fsp3) is 0.100. The molecule has 0 saturated heterocycles. The van der Waals surface area contributed by atoms with Gasteiger partial charge >= 0.3 is 6.18 Å². The number of rotatable bonds is 2. The van der Waals surface area contributed by atoms with Crippen molar-refractivity contribution in [2.45, 2.75) is 6.18 Å². The van der Waals surface area contributed by atoms with E-state index in [2.05, 4.69) is 10.1 Å². The van der Waals surface area contributed by atoms with E-state index in [0.717, 1.165) is 16.9 Å². The van der Waals surface area contributed by atoms with Crippen LogP contribution in [0.2, 0.25) is 0 Å². The molecule has 0 bridgehead atoms. The second kappa shape index (κ2) is 4.00. The van der Waals surface area contributed by atoms with Crippen LogP contribution in [0.1, 0.15) is 16.1 Å². The van der Waals surface area contributed by atoms with Gasteiger partial charge in [-0.25, -0.2) is 4.68 Å². The highest BCUT2D eigenvalue weighted by atomic mass is 19.4. The second-order valence-corrected chi connectivity index (χ2v) is 3.24. The van der Waals surface area contributed by atoms with Gasteiger partial charge in [0.05, 0.1) is 11.9 Å². The molecule has 0 aliphatic carbocycles. The molecule has 0 unspecified atom stereocenters. The van der Waals surface area contributed by atoms with Gasteiger partial charge in [0.2, 0.25) is 0 Å². The molecule has 0 spiro atoms. The summed E-state index contributed by atoms with van der Waals surface area (Å²) < 4.78 is 38.0. The van der Waals surface area contributed by atoms with Gasteiger partial charge in [-0.15, -0.1) is 0 Å². The fourth-order valence-corrected chi connectivity index (χ4v) is 1.25. The molecule has 0 aliphatic heterocycles. The Labute approximate surface area is 93.7 Å². The Kier molecular flexibility index (Phi) is 2.66. The topological polar surface area (TPSA) is 47.8 Å². The third-order valence-corrected chi connectivity index (χ3v) is 2.03. The zero-order valence-electron chi connectivity index (χ0n) is 8.35. The SMILES string of the molecule is O=Cc1cncc(-n2ccc(C(F)(F)F)n2)c1. The fourth-order valence-electron chi connectivity index (χ4n) is 1.25.